The van der Waals surface area contributed by atoms with Crippen LogP contribution in [0.1, 0.15) is 40.3 Å². The Bertz CT molecular complexity index is 970. The van der Waals surface area contributed by atoms with Crippen LogP contribution in [0, 0.1) is 12.7 Å². The Balaban J connectivity index is 1.68. The van der Waals surface area contributed by atoms with Gasteiger partial charge >= 0.3 is 0 Å². The maximum absolute atomic E-state index is 13.1. The highest BCUT2D eigenvalue weighted by Gasteiger charge is 2.30. The number of aromatic nitrogens is 3. The normalized spacial score (nSPS) is 16.4. The van der Waals surface area contributed by atoms with Crippen molar-refractivity contribution in [2.24, 2.45) is 0 Å². The molecule has 0 saturated heterocycles. The molecular formula is C19H17FN4OS. The maximum Gasteiger partial charge on any atom is 0.254 e. The number of benzene rings is 1. The Hall–Kier alpha value is -2.67. The SMILES string of the molecule is Cc1nsc(-c2nccc3c2CCN(C(=O)c2ccc(F)cc2)C3C)n1. The standard InChI is InChI=1S/C19H17FN4OS/c1-11-15-7-9-21-17(18-22-12(2)23-26-18)16(15)8-10-24(11)19(25)13-3-5-14(20)6-4-13/h3-7,9,11H,8,10H2,1-2H3. The van der Waals surface area contributed by atoms with E-state index >= 15 is 0 Å². The summed E-state index contributed by atoms with van der Waals surface area (Å²) < 4.78 is 17.4. The van der Waals surface area contributed by atoms with Crippen LogP contribution < -0.4 is 0 Å². The summed E-state index contributed by atoms with van der Waals surface area (Å²) in [5.41, 5.74) is 3.55. The minimum absolute atomic E-state index is 0.0896. The molecule has 4 rings (SSSR count). The Morgan fingerprint density at radius 2 is 2.04 bits per heavy atom. The van der Waals surface area contributed by atoms with Crippen LogP contribution in [0.5, 0.6) is 0 Å². The highest BCUT2D eigenvalue weighted by atomic mass is 32.1. The molecule has 3 aromatic rings. The number of rotatable bonds is 2. The molecule has 1 atom stereocenters. The molecule has 132 valence electrons. The van der Waals surface area contributed by atoms with Gasteiger partial charge in [-0.15, -0.1) is 0 Å². The van der Waals surface area contributed by atoms with Crippen molar-refractivity contribution in [1.82, 2.24) is 19.2 Å². The quantitative estimate of drug-likeness (QED) is 0.690. The van der Waals surface area contributed by atoms with Crippen LogP contribution in [0.15, 0.2) is 36.5 Å². The zero-order chi connectivity index (χ0) is 18.3. The van der Waals surface area contributed by atoms with Crippen molar-refractivity contribution in [3.05, 3.63) is 64.9 Å². The van der Waals surface area contributed by atoms with Crippen molar-refractivity contribution in [1.29, 1.82) is 0 Å². The fourth-order valence-electron chi connectivity index (χ4n) is 3.37. The molecule has 0 N–H and O–H groups in total. The van der Waals surface area contributed by atoms with Crippen molar-refractivity contribution in [3.63, 3.8) is 0 Å². The van der Waals surface area contributed by atoms with E-state index < -0.39 is 0 Å². The first-order chi connectivity index (χ1) is 12.5. The molecule has 0 aliphatic carbocycles. The molecule has 26 heavy (non-hydrogen) atoms. The molecule has 0 bridgehead atoms. The number of nitrogens with zero attached hydrogens (tertiary/aromatic N) is 4. The molecule has 0 fully saturated rings. The van der Waals surface area contributed by atoms with Crippen LogP contribution in [0.3, 0.4) is 0 Å². The smallest absolute Gasteiger partial charge is 0.254 e. The Kier molecular flexibility index (Phi) is 4.24. The number of hydrogen-bond donors (Lipinski definition) is 0. The molecule has 1 amide bonds. The van der Waals surface area contributed by atoms with Crippen molar-refractivity contribution in [2.45, 2.75) is 26.3 Å². The molecule has 1 aliphatic rings. The van der Waals surface area contributed by atoms with Gasteiger partial charge in [0.15, 0.2) is 5.01 Å². The number of fused-ring (bicyclic) bond motifs is 1. The highest BCUT2D eigenvalue weighted by molar-refractivity contribution is 7.09. The first kappa shape index (κ1) is 16.8. The molecule has 0 spiro atoms. The van der Waals surface area contributed by atoms with Crippen LogP contribution in [0.2, 0.25) is 0 Å². The minimum Gasteiger partial charge on any atom is -0.332 e. The molecular weight excluding hydrogens is 351 g/mol. The number of amides is 1. The van der Waals surface area contributed by atoms with Crippen LogP contribution in [0.4, 0.5) is 4.39 Å². The predicted molar refractivity (Wildman–Crippen MR) is 97.4 cm³/mol. The average Bonchev–Trinajstić information content (AvgIpc) is 3.08. The van der Waals surface area contributed by atoms with Gasteiger partial charge in [0.25, 0.3) is 5.91 Å². The van der Waals surface area contributed by atoms with Crippen LogP contribution in [-0.2, 0) is 6.42 Å². The van der Waals surface area contributed by atoms with Crippen molar-refractivity contribution in [3.8, 4) is 10.7 Å². The number of pyridine rings is 1. The van der Waals surface area contributed by atoms with Crippen molar-refractivity contribution < 1.29 is 9.18 Å². The number of hydrogen-bond acceptors (Lipinski definition) is 5. The minimum atomic E-state index is -0.346. The summed E-state index contributed by atoms with van der Waals surface area (Å²) in [6.45, 7) is 4.45. The lowest BCUT2D eigenvalue weighted by atomic mass is 9.92. The number of aryl methyl sites for hydroxylation is 1. The summed E-state index contributed by atoms with van der Waals surface area (Å²) in [6, 6.07) is 7.56. The molecule has 3 heterocycles. The van der Waals surface area contributed by atoms with Crippen molar-refractivity contribution in [2.75, 3.05) is 6.54 Å². The van der Waals surface area contributed by atoms with E-state index in [-0.39, 0.29) is 17.8 Å². The van der Waals surface area contributed by atoms with E-state index in [4.69, 9.17) is 0 Å². The predicted octanol–water partition coefficient (Wildman–Crippen LogP) is 3.81. The monoisotopic (exact) mass is 368 g/mol. The molecule has 7 heteroatoms. The van der Waals surface area contributed by atoms with Gasteiger partial charge in [-0.05, 0) is 73.3 Å². The highest BCUT2D eigenvalue weighted by Crippen LogP contribution is 2.35. The lowest BCUT2D eigenvalue weighted by molar-refractivity contribution is 0.0677. The maximum atomic E-state index is 13.1. The van der Waals surface area contributed by atoms with Gasteiger partial charge in [-0.25, -0.2) is 9.37 Å². The van der Waals surface area contributed by atoms with Crippen molar-refractivity contribution >= 4 is 17.4 Å². The lowest BCUT2D eigenvalue weighted by Crippen LogP contribution is -2.39. The van der Waals surface area contributed by atoms with E-state index in [2.05, 4.69) is 14.3 Å². The van der Waals surface area contributed by atoms with Gasteiger partial charge in [-0.3, -0.25) is 9.78 Å². The van der Waals surface area contributed by atoms with E-state index in [1.807, 2.05) is 24.8 Å². The Morgan fingerprint density at radius 3 is 2.73 bits per heavy atom. The van der Waals surface area contributed by atoms with Gasteiger partial charge in [0.05, 0.1) is 6.04 Å². The summed E-state index contributed by atoms with van der Waals surface area (Å²) in [6.07, 6.45) is 2.46. The lowest BCUT2D eigenvalue weighted by Gasteiger charge is -2.35. The molecule has 1 aromatic carbocycles. The third kappa shape index (κ3) is 2.88. The molecule has 1 aliphatic heterocycles. The fourth-order valence-corrected chi connectivity index (χ4v) is 4.06. The zero-order valence-electron chi connectivity index (χ0n) is 14.4. The van der Waals surface area contributed by atoms with Crippen LogP contribution in [0.25, 0.3) is 10.7 Å². The third-order valence-corrected chi connectivity index (χ3v) is 5.51. The van der Waals surface area contributed by atoms with Gasteiger partial charge in [0.2, 0.25) is 0 Å². The topological polar surface area (TPSA) is 59.0 Å². The molecule has 1 unspecified atom stereocenters. The first-order valence-corrected chi connectivity index (χ1v) is 9.17. The third-order valence-electron chi connectivity index (χ3n) is 4.69. The van der Waals surface area contributed by atoms with E-state index in [9.17, 15) is 9.18 Å². The second kappa shape index (κ2) is 6.57. The summed E-state index contributed by atoms with van der Waals surface area (Å²) >= 11 is 1.34. The molecule has 5 nitrogen and oxygen atoms in total. The largest absolute Gasteiger partial charge is 0.332 e. The summed E-state index contributed by atoms with van der Waals surface area (Å²) in [7, 11) is 0. The summed E-state index contributed by atoms with van der Waals surface area (Å²) in [5, 5.41) is 0.810. The van der Waals surface area contributed by atoms with E-state index in [0.29, 0.717) is 18.5 Å². The zero-order valence-corrected chi connectivity index (χ0v) is 15.3. The van der Waals surface area contributed by atoms with E-state index in [1.165, 1.54) is 35.8 Å². The first-order valence-electron chi connectivity index (χ1n) is 8.39. The van der Waals surface area contributed by atoms with Gasteiger partial charge in [0, 0.05) is 18.3 Å². The van der Waals surface area contributed by atoms with Gasteiger partial charge in [-0.2, -0.15) is 4.37 Å². The summed E-state index contributed by atoms with van der Waals surface area (Å²) in [5.74, 6) is 0.302. The van der Waals surface area contributed by atoms with Gasteiger partial charge in [-0.1, -0.05) is 0 Å². The second-order valence-corrected chi connectivity index (χ2v) is 7.06. The molecule has 0 radical (unpaired) electrons. The second-order valence-electron chi connectivity index (χ2n) is 6.31. The van der Waals surface area contributed by atoms with E-state index in [0.717, 1.165) is 27.7 Å². The summed E-state index contributed by atoms with van der Waals surface area (Å²) in [4.78, 5) is 23.6. The number of halogens is 1. The molecule has 0 saturated carbocycles. The van der Waals surface area contributed by atoms with Crippen LogP contribution >= 0.6 is 11.5 Å². The van der Waals surface area contributed by atoms with Gasteiger partial charge in [0.1, 0.15) is 17.3 Å². The number of carbonyl (C=O) groups is 1. The fraction of sp³-hybridized carbons (Fsp3) is 0.263. The molecule has 2 aromatic heterocycles. The Labute approximate surface area is 154 Å². The Morgan fingerprint density at radius 1 is 1.27 bits per heavy atom. The van der Waals surface area contributed by atoms with E-state index in [1.54, 1.807) is 6.20 Å². The van der Waals surface area contributed by atoms with Gasteiger partial charge < -0.3 is 4.90 Å². The number of carbonyl (C=O) groups excluding carboxylic acids is 1. The average molecular weight is 368 g/mol. The van der Waals surface area contributed by atoms with Crippen LogP contribution in [-0.4, -0.2) is 31.7 Å².